The molecule has 1 aliphatic carbocycles. The second-order valence-corrected chi connectivity index (χ2v) is 10.1. The van der Waals surface area contributed by atoms with E-state index in [0.717, 1.165) is 0 Å². The van der Waals surface area contributed by atoms with Crippen LogP contribution < -0.4 is 28.7 Å². The van der Waals surface area contributed by atoms with Crippen LogP contribution in [0.3, 0.4) is 0 Å². The van der Waals surface area contributed by atoms with E-state index >= 15 is 0 Å². The minimum absolute atomic E-state index is 0.115. The van der Waals surface area contributed by atoms with Crippen molar-refractivity contribution in [1.29, 1.82) is 0 Å². The van der Waals surface area contributed by atoms with Gasteiger partial charge in [0.1, 0.15) is 54.9 Å². The molecule has 0 spiro atoms. The van der Waals surface area contributed by atoms with Gasteiger partial charge in [-0.2, -0.15) is 0 Å². The Morgan fingerprint density at radius 3 is 1.68 bits per heavy atom. The zero-order valence-corrected chi connectivity index (χ0v) is 20.8. The number of aliphatic hydroxyl groups is 6. The number of hydrogen-bond acceptors (Lipinski definition) is 19. The van der Waals surface area contributed by atoms with Crippen molar-refractivity contribution in [3.8, 4) is 0 Å². The van der Waals surface area contributed by atoms with Crippen LogP contribution in [0.5, 0.6) is 0 Å². The molecule has 2 aliphatic heterocycles. The maximum atomic E-state index is 11.0. The molecule has 2 saturated heterocycles. The van der Waals surface area contributed by atoms with E-state index in [1.165, 1.54) is 0 Å². The summed E-state index contributed by atoms with van der Waals surface area (Å²) in [7, 11) is -5.17. The minimum Gasteiger partial charge on any atom is -0.759 e. The highest BCUT2D eigenvalue weighted by Crippen LogP contribution is 2.30. The van der Waals surface area contributed by atoms with Gasteiger partial charge in [-0.15, -0.1) is 0 Å². The quantitative estimate of drug-likeness (QED) is 0.103. The molecule has 3 rings (SSSR count). The highest BCUT2D eigenvalue weighted by molar-refractivity contribution is 7.79. The second kappa shape index (κ2) is 13.8. The van der Waals surface area contributed by atoms with Crippen LogP contribution in [0.15, 0.2) is 0 Å². The predicted molar refractivity (Wildman–Crippen MR) is 120 cm³/mol. The van der Waals surface area contributed by atoms with Gasteiger partial charge in [-0.25, -0.2) is 0 Å². The third kappa shape index (κ3) is 8.15. The summed E-state index contributed by atoms with van der Waals surface area (Å²) >= 11 is 0. The van der Waals surface area contributed by atoms with Crippen molar-refractivity contribution in [3.63, 3.8) is 0 Å². The summed E-state index contributed by atoms with van der Waals surface area (Å²) in [4.78, 5) is 0. The van der Waals surface area contributed by atoms with E-state index in [4.69, 9.17) is 65.1 Å². The van der Waals surface area contributed by atoms with Crippen LogP contribution in [-0.4, -0.2) is 153 Å². The number of nitrogens with two attached hydrogens (primary N) is 5. The molecule has 1 saturated carbocycles. The molecular weight excluding hydrogens is 542 g/mol. The van der Waals surface area contributed by atoms with Gasteiger partial charge in [-0.3, -0.25) is 8.42 Å². The van der Waals surface area contributed by atoms with Crippen LogP contribution >= 0.6 is 0 Å². The van der Waals surface area contributed by atoms with Crippen molar-refractivity contribution in [1.82, 2.24) is 0 Å². The lowest BCUT2D eigenvalue weighted by atomic mass is 9.84. The molecule has 19 nitrogen and oxygen atoms in total. The molecule has 0 radical (unpaired) electrons. The van der Waals surface area contributed by atoms with Crippen LogP contribution in [0.2, 0.25) is 0 Å². The largest absolute Gasteiger partial charge is 0.759 e. The molecule has 3 aliphatic rings. The van der Waals surface area contributed by atoms with Crippen molar-refractivity contribution in [2.24, 2.45) is 28.7 Å². The van der Waals surface area contributed by atoms with Gasteiger partial charge >= 0.3 is 0 Å². The van der Waals surface area contributed by atoms with Crippen molar-refractivity contribution in [2.45, 2.75) is 98.1 Å². The molecular formula is C18H37N5O14S-2. The lowest BCUT2D eigenvalue weighted by Gasteiger charge is -2.48. The molecule has 2 heterocycles. The van der Waals surface area contributed by atoms with E-state index in [9.17, 15) is 30.6 Å². The smallest absolute Gasteiger partial charge is 0.186 e. The first-order valence-corrected chi connectivity index (χ1v) is 12.9. The van der Waals surface area contributed by atoms with Gasteiger partial charge in [0.2, 0.25) is 0 Å². The van der Waals surface area contributed by atoms with Gasteiger partial charge in [0.05, 0.1) is 18.7 Å². The normalized spacial score (nSPS) is 48.2. The first-order valence-electron chi connectivity index (χ1n) is 11.5. The zero-order valence-electron chi connectivity index (χ0n) is 20.0. The summed E-state index contributed by atoms with van der Waals surface area (Å²) in [5.41, 5.74) is 29.6. The maximum absolute atomic E-state index is 11.0. The molecule has 3 fully saturated rings. The van der Waals surface area contributed by atoms with Crippen LogP contribution in [0.4, 0.5) is 0 Å². The molecule has 38 heavy (non-hydrogen) atoms. The zero-order chi connectivity index (χ0) is 29.1. The average molecular weight is 580 g/mol. The number of ether oxygens (including phenoxy) is 4. The fourth-order valence-electron chi connectivity index (χ4n) is 4.45. The van der Waals surface area contributed by atoms with Crippen LogP contribution in [0.1, 0.15) is 6.42 Å². The van der Waals surface area contributed by atoms with E-state index in [-0.39, 0.29) is 13.0 Å². The Hall–Kier alpha value is -0.730. The predicted octanol–water partition coefficient (Wildman–Crippen LogP) is -8.66. The fourth-order valence-corrected chi connectivity index (χ4v) is 4.45. The summed E-state index contributed by atoms with van der Waals surface area (Å²) in [5.74, 6) is 0. The Bertz CT molecular complexity index is 784. The highest BCUT2D eigenvalue weighted by atomic mass is 32.3. The lowest BCUT2D eigenvalue weighted by Crippen LogP contribution is -2.69. The van der Waals surface area contributed by atoms with Crippen LogP contribution in [-0.2, 0) is 29.3 Å². The van der Waals surface area contributed by atoms with Crippen molar-refractivity contribution < 1.29 is 67.1 Å². The van der Waals surface area contributed by atoms with Gasteiger partial charge in [0, 0.05) is 29.0 Å². The topological polar surface area (TPSA) is 369 Å². The Labute approximate surface area is 217 Å². The average Bonchev–Trinajstić information content (AvgIpc) is 2.83. The first kappa shape index (κ1) is 33.5. The molecule has 0 aromatic rings. The maximum Gasteiger partial charge on any atom is 0.186 e. The number of rotatable bonds is 6. The molecule has 0 amide bonds. The third-order valence-electron chi connectivity index (χ3n) is 6.56. The molecule has 226 valence electrons. The SMILES string of the molecule is NC[C@H]1O[C@H](O[C@H]2[C@H](O)[C@@H](O[C@H]3O[C@H](CO)[C@@H](O)[C@H](N)[C@H]3O)[C@H](N)C[C@@H]2N)[C@H](N)[C@@H](O)[C@@H]1O.O=S(=O)([O-])[O-]. The van der Waals surface area contributed by atoms with E-state index in [1.807, 2.05) is 0 Å². The van der Waals surface area contributed by atoms with Gasteiger partial charge < -0.3 is 87.4 Å². The first-order chi connectivity index (χ1) is 17.5. The minimum atomic E-state index is -5.17. The molecule has 16 N–H and O–H groups in total. The summed E-state index contributed by atoms with van der Waals surface area (Å²) in [6.45, 7) is -0.694. The van der Waals surface area contributed by atoms with Crippen molar-refractivity contribution in [2.75, 3.05) is 13.2 Å². The Morgan fingerprint density at radius 2 is 1.21 bits per heavy atom. The van der Waals surface area contributed by atoms with E-state index in [0.29, 0.717) is 0 Å². The summed E-state index contributed by atoms with van der Waals surface area (Å²) in [6.07, 6.45) is -13.9. The Balaban J connectivity index is 0.000000926. The third-order valence-corrected chi connectivity index (χ3v) is 6.56. The van der Waals surface area contributed by atoms with Gasteiger partial charge in [0.25, 0.3) is 0 Å². The van der Waals surface area contributed by atoms with E-state index in [1.54, 1.807) is 0 Å². The highest BCUT2D eigenvalue weighted by Gasteiger charge is 2.51. The summed E-state index contributed by atoms with van der Waals surface area (Å²) in [5, 5.41) is 60.9. The number of aliphatic hydroxyl groups excluding tert-OH is 6. The fraction of sp³-hybridized carbons (Fsp3) is 1.00. The summed E-state index contributed by atoms with van der Waals surface area (Å²) in [6, 6.07) is -3.92. The van der Waals surface area contributed by atoms with Crippen LogP contribution in [0.25, 0.3) is 0 Å². The molecule has 0 aromatic heterocycles. The van der Waals surface area contributed by atoms with Gasteiger partial charge in [-0.1, -0.05) is 0 Å². The van der Waals surface area contributed by atoms with Crippen molar-refractivity contribution >= 4 is 10.4 Å². The Morgan fingerprint density at radius 1 is 0.737 bits per heavy atom. The van der Waals surface area contributed by atoms with Crippen molar-refractivity contribution in [3.05, 3.63) is 0 Å². The van der Waals surface area contributed by atoms with Gasteiger partial charge in [-0.05, 0) is 6.42 Å². The van der Waals surface area contributed by atoms with Gasteiger partial charge in [0.15, 0.2) is 12.6 Å². The summed E-state index contributed by atoms with van der Waals surface area (Å²) < 4.78 is 56.6. The second-order valence-electron chi connectivity index (χ2n) is 9.28. The molecule has 15 atom stereocenters. The lowest BCUT2D eigenvalue weighted by molar-refractivity contribution is -0.318. The molecule has 0 bridgehead atoms. The Kier molecular flexibility index (Phi) is 12.1. The number of hydrogen-bond donors (Lipinski definition) is 11. The van der Waals surface area contributed by atoms with Crippen LogP contribution in [0, 0.1) is 0 Å². The monoisotopic (exact) mass is 579 g/mol. The van der Waals surface area contributed by atoms with E-state index in [2.05, 4.69) is 0 Å². The molecule has 20 heteroatoms. The molecule has 0 aromatic carbocycles. The molecule has 0 unspecified atom stereocenters. The standard InChI is InChI=1S/C18H37N5O10.H2O4S/c19-2-6-11(26)12(27)9(23)17(30-6)32-15-4(20)1-5(21)16(14(15)29)33-18-13(28)8(22)10(25)7(3-24)31-18;1-5(2,3)4/h4-18,24-29H,1-3,19-23H2;(H2,1,2,3,4)/p-2/t4-,5+,6+,7+,8-,9+,10+,11+,12+,13+,14-,15+,16-,17+,18+;/m0./s1. The van der Waals surface area contributed by atoms with E-state index < -0.39 is 109 Å².